The highest BCUT2D eigenvalue weighted by Crippen LogP contribution is 2.22. The van der Waals surface area contributed by atoms with Gasteiger partial charge in [-0.2, -0.15) is 0 Å². The number of halogens is 1. The van der Waals surface area contributed by atoms with Gasteiger partial charge in [0, 0.05) is 23.4 Å². The van der Waals surface area contributed by atoms with Gasteiger partial charge in [0.15, 0.2) is 0 Å². The van der Waals surface area contributed by atoms with Crippen LogP contribution in [0.1, 0.15) is 44.9 Å². The Labute approximate surface area is 161 Å². The van der Waals surface area contributed by atoms with Crippen molar-refractivity contribution < 1.29 is 14.0 Å². The lowest BCUT2D eigenvalue weighted by molar-refractivity contribution is 0.0949. The van der Waals surface area contributed by atoms with Crippen molar-refractivity contribution in [1.29, 1.82) is 0 Å². The van der Waals surface area contributed by atoms with Gasteiger partial charge in [-0.1, -0.05) is 6.07 Å². The van der Waals surface area contributed by atoms with Crippen molar-refractivity contribution in [2.24, 2.45) is 0 Å². The Kier molecular flexibility index (Phi) is 4.50. The Balaban J connectivity index is 1.63. The van der Waals surface area contributed by atoms with Gasteiger partial charge in [-0.15, -0.1) is 0 Å². The molecule has 28 heavy (non-hydrogen) atoms. The molecule has 6 nitrogen and oxygen atoms in total. The van der Waals surface area contributed by atoms with Crippen LogP contribution in [0.5, 0.6) is 0 Å². The van der Waals surface area contributed by atoms with Crippen molar-refractivity contribution in [3.05, 3.63) is 64.7 Å². The Morgan fingerprint density at radius 1 is 1.04 bits per heavy atom. The minimum atomic E-state index is -0.562. The first kappa shape index (κ1) is 18.0. The van der Waals surface area contributed by atoms with Crippen LogP contribution in [0, 0.1) is 19.7 Å². The summed E-state index contributed by atoms with van der Waals surface area (Å²) in [4.78, 5) is 33.7. The molecule has 1 saturated carbocycles. The lowest BCUT2D eigenvalue weighted by Crippen LogP contribution is -2.25. The standard InChI is InChI=1S/C21H19FN4O2/c1-11-12(2)24-19-17(9-14(22)10-18(19)23-11)21(28)26-16-5-3-4-13(8-16)20(27)25-15-6-7-15/h3-5,8-10,15H,6-7H2,1-2H3,(H,25,27)(H,26,28). The maximum atomic E-state index is 14.0. The molecule has 2 aromatic carbocycles. The number of carbonyl (C=O) groups is 2. The van der Waals surface area contributed by atoms with E-state index in [0.29, 0.717) is 33.7 Å². The fraction of sp³-hybridized carbons (Fsp3) is 0.238. The molecule has 0 atom stereocenters. The molecule has 1 aliphatic rings. The highest BCUT2D eigenvalue weighted by molar-refractivity contribution is 6.11. The smallest absolute Gasteiger partial charge is 0.258 e. The maximum Gasteiger partial charge on any atom is 0.258 e. The van der Waals surface area contributed by atoms with Crippen molar-refractivity contribution >= 4 is 28.5 Å². The van der Waals surface area contributed by atoms with E-state index in [0.717, 1.165) is 18.9 Å². The van der Waals surface area contributed by atoms with E-state index in [1.54, 1.807) is 38.1 Å². The number of nitrogens with one attached hydrogen (secondary N) is 2. The van der Waals surface area contributed by atoms with Crippen LogP contribution in [0.3, 0.4) is 0 Å². The van der Waals surface area contributed by atoms with Crippen molar-refractivity contribution in [3.8, 4) is 0 Å². The van der Waals surface area contributed by atoms with Gasteiger partial charge in [0.2, 0.25) is 0 Å². The summed E-state index contributed by atoms with van der Waals surface area (Å²) in [6.45, 7) is 3.57. The van der Waals surface area contributed by atoms with Gasteiger partial charge < -0.3 is 10.6 Å². The van der Waals surface area contributed by atoms with Gasteiger partial charge in [-0.25, -0.2) is 14.4 Å². The third kappa shape index (κ3) is 3.69. The second-order valence-electron chi connectivity index (χ2n) is 7.00. The Hall–Kier alpha value is -3.35. The van der Waals surface area contributed by atoms with Gasteiger partial charge in [0.25, 0.3) is 11.8 Å². The summed E-state index contributed by atoms with van der Waals surface area (Å²) >= 11 is 0. The number of nitrogens with zero attached hydrogens (tertiary/aromatic N) is 2. The average molecular weight is 378 g/mol. The van der Waals surface area contributed by atoms with Gasteiger partial charge >= 0.3 is 0 Å². The number of aryl methyl sites for hydroxylation is 2. The molecule has 0 aliphatic heterocycles. The lowest BCUT2D eigenvalue weighted by atomic mass is 10.1. The third-order valence-corrected chi connectivity index (χ3v) is 4.69. The third-order valence-electron chi connectivity index (χ3n) is 4.69. The summed E-state index contributed by atoms with van der Waals surface area (Å²) < 4.78 is 14.0. The number of hydrogen-bond acceptors (Lipinski definition) is 4. The number of rotatable bonds is 4. The molecule has 3 aromatic rings. The largest absolute Gasteiger partial charge is 0.349 e. The van der Waals surface area contributed by atoms with E-state index in [-0.39, 0.29) is 17.5 Å². The highest BCUT2D eigenvalue weighted by atomic mass is 19.1. The molecule has 0 unspecified atom stereocenters. The van der Waals surface area contributed by atoms with E-state index in [1.165, 1.54) is 6.07 Å². The minimum absolute atomic E-state index is 0.0958. The first-order valence-corrected chi connectivity index (χ1v) is 9.07. The zero-order chi connectivity index (χ0) is 19.8. The zero-order valence-electron chi connectivity index (χ0n) is 15.5. The summed E-state index contributed by atoms with van der Waals surface area (Å²) in [6, 6.07) is 9.29. The number of aromatic nitrogens is 2. The van der Waals surface area contributed by atoms with Gasteiger partial charge in [0.1, 0.15) is 11.3 Å². The molecule has 7 heteroatoms. The van der Waals surface area contributed by atoms with Crippen LogP contribution >= 0.6 is 0 Å². The van der Waals surface area contributed by atoms with E-state index in [9.17, 15) is 14.0 Å². The van der Waals surface area contributed by atoms with E-state index < -0.39 is 11.7 Å². The van der Waals surface area contributed by atoms with Crippen LogP contribution in [-0.4, -0.2) is 27.8 Å². The Morgan fingerprint density at radius 3 is 2.54 bits per heavy atom. The molecule has 0 saturated heterocycles. The number of fused-ring (bicyclic) bond motifs is 1. The van der Waals surface area contributed by atoms with Crippen molar-refractivity contribution in [1.82, 2.24) is 15.3 Å². The molecule has 1 aromatic heterocycles. The Bertz CT molecular complexity index is 1110. The molecule has 1 fully saturated rings. The molecule has 1 aliphatic carbocycles. The topological polar surface area (TPSA) is 84.0 Å². The second kappa shape index (κ2) is 6.99. The van der Waals surface area contributed by atoms with Gasteiger partial charge in [-0.3, -0.25) is 9.59 Å². The predicted molar refractivity (Wildman–Crippen MR) is 104 cm³/mol. The van der Waals surface area contributed by atoms with Gasteiger partial charge in [-0.05, 0) is 51.0 Å². The lowest BCUT2D eigenvalue weighted by Gasteiger charge is -2.10. The quantitative estimate of drug-likeness (QED) is 0.727. The molecule has 0 radical (unpaired) electrons. The molecule has 1 heterocycles. The van der Waals surface area contributed by atoms with Crippen molar-refractivity contribution in [2.75, 3.05) is 5.32 Å². The molecule has 2 amide bonds. The monoisotopic (exact) mass is 378 g/mol. The van der Waals surface area contributed by atoms with Crippen molar-refractivity contribution in [2.45, 2.75) is 32.7 Å². The first-order valence-electron chi connectivity index (χ1n) is 9.07. The summed E-state index contributed by atoms with van der Waals surface area (Å²) in [5, 5.41) is 5.63. The maximum absolute atomic E-state index is 14.0. The van der Waals surface area contributed by atoms with Crippen molar-refractivity contribution in [3.63, 3.8) is 0 Å². The summed E-state index contributed by atoms with van der Waals surface area (Å²) in [7, 11) is 0. The van der Waals surface area contributed by atoms with Crippen LogP contribution in [0.2, 0.25) is 0 Å². The van der Waals surface area contributed by atoms with Crippen LogP contribution in [-0.2, 0) is 0 Å². The number of carbonyl (C=O) groups excluding carboxylic acids is 2. The molecular formula is C21H19FN4O2. The normalized spacial score (nSPS) is 13.4. The van der Waals surface area contributed by atoms with Crippen LogP contribution in [0.4, 0.5) is 10.1 Å². The minimum Gasteiger partial charge on any atom is -0.349 e. The number of hydrogen-bond donors (Lipinski definition) is 2. The second-order valence-corrected chi connectivity index (χ2v) is 7.00. The molecule has 0 bridgehead atoms. The molecule has 0 spiro atoms. The van der Waals surface area contributed by atoms with Crippen LogP contribution < -0.4 is 10.6 Å². The van der Waals surface area contributed by atoms with E-state index in [2.05, 4.69) is 20.6 Å². The molecular weight excluding hydrogens is 359 g/mol. The van der Waals surface area contributed by atoms with Crippen LogP contribution in [0.25, 0.3) is 11.0 Å². The number of amides is 2. The van der Waals surface area contributed by atoms with Gasteiger partial charge in [0.05, 0.1) is 22.5 Å². The van der Waals surface area contributed by atoms with E-state index in [4.69, 9.17) is 0 Å². The summed E-state index contributed by atoms with van der Waals surface area (Å²) in [5.74, 6) is -1.25. The SMILES string of the molecule is Cc1nc2cc(F)cc(C(=O)Nc3cccc(C(=O)NC4CC4)c3)c2nc1C. The molecule has 2 N–H and O–H groups in total. The fourth-order valence-corrected chi connectivity index (χ4v) is 2.90. The van der Waals surface area contributed by atoms with E-state index in [1.807, 2.05) is 0 Å². The average Bonchev–Trinajstić information content (AvgIpc) is 3.46. The molecule has 142 valence electrons. The first-order chi connectivity index (χ1) is 13.4. The van der Waals surface area contributed by atoms with E-state index >= 15 is 0 Å². The summed E-state index contributed by atoms with van der Waals surface area (Å²) in [5.41, 5.74) is 3.02. The fourth-order valence-electron chi connectivity index (χ4n) is 2.90. The van der Waals surface area contributed by atoms with Crippen LogP contribution in [0.15, 0.2) is 36.4 Å². The Morgan fingerprint density at radius 2 is 1.79 bits per heavy atom. The number of anilines is 1. The molecule has 4 rings (SSSR count). The predicted octanol–water partition coefficient (Wildman–Crippen LogP) is 3.53. The summed E-state index contributed by atoms with van der Waals surface area (Å²) in [6.07, 6.45) is 1.99. The highest BCUT2D eigenvalue weighted by Gasteiger charge is 2.24. The number of benzene rings is 2. The zero-order valence-corrected chi connectivity index (χ0v) is 15.5.